The minimum atomic E-state index is -0.287. The molecule has 0 aliphatic heterocycles. The fourth-order valence-corrected chi connectivity index (χ4v) is 2.88. The first-order valence-corrected chi connectivity index (χ1v) is 9.42. The van der Waals surface area contributed by atoms with Crippen molar-refractivity contribution >= 4 is 11.6 Å². The molecule has 8 nitrogen and oxygen atoms in total. The second-order valence-electron chi connectivity index (χ2n) is 6.47. The van der Waals surface area contributed by atoms with Gasteiger partial charge in [0.1, 0.15) is 23.6 Å². The molecular weight excluding hydrogens is 396 g/mol. The molecule has 2 aromatic carbocycles. The van der Waals surface area contributed by atoms with E-state index in [0.717, 1.165) is 5.75 Å². The van der Waals surface area contributed by atoms with Gasteiger partial charge in [0.15, 0.2) is 11.5 Å². The maximum atomic E-state index is 12.7. The van der Waals surface area contributed by atoms with Crippen molar-refractivity contribution in [1.82, 2.24) is 14.5 Å². The summed E-state index contributed by atoms with van der Waals surface area (Å²) < 4.78 is 18.2. The van der Waals surface area contributed by atoms with E-state index in [9.17, 15) is 4.79 Å². The van der Waals surface area contributed by atoms with Gasteiger partial charge < -0.3 is 19.5 Å². The van der Waals surface area contributed by atoms with Crippen LogP contribution < -0.4 is 19.5 Å². The first kappa shape index (κ1) is 20.0. The highest BCUT2D eigenvalue weighted by Crippen LogP contribution is 2.34. The highest BCUT2D eigenvalue weighted by atomic mass is 16.5. The lowest BCUT2D eigenvalue weighted by molar-refractivity contribution is 0.102. The van der Waals surface area contributed by atoms with Gasteiger partial charge in [0.05, 0.1) is 19.8 Å². The van der Waals surface area contributed by atoms with Crippen molar-refractivity contribution in [3.05, 3.63) is 85.1 Å². The quantitative estimate of drug-likeness (QED) is 0.483. The van der Waals surface area contributed by atoms with Gasteiger partial charge >= 0.3 is 0 Å². The van der Waals surface area contributed by atoms with Crippen LogP contribution in [-0.4, -0.2) is 34.7 Å². The van der Waals surface area contributed by atoms with Crippen molar-refractivity contribution in [2.24, 2.45) is 0 Å². The zero-order valence-corrected chi connectivity index (χ0v) is 17.0. The Morgan fingerprint density at radius 2 is 1.74 bits per heavy atom. The summed E-state index contributed by atoms with van der Waals surface area (Å²) in [6.45, 7) is 0. The van der Waals surface area contributed by atoms with Crippen LogP contribution in [0.4, 0.5) is 5.69 Å². The highest BCUT2D eigenvalue weighted by Gasteiger charge is 2.12. The van der Waals surface area contributed by atoms with Gasteiger partial charge in [-0.05, 0) is 48.5 Å². The maximum absolute atomic E-state index is 12.7. The second-order valence-corrected chi connectivity index (χ2v) is 6.47. The Bertz CT molecular complexity index is 1160. The molecular formula is C23H20N4O4. The molecule has 1 amide bonds. The van der Waals surface area contributed by atoms with E-state index in [4.69, 9.17) is 14.2 Å². The number of imidazole rings is 1. The maximum Gasteiger partial charge on any atom is 0.257 e. The summed E-state index contributed by atoms with van der Waals surface area (Å²) in [5, 5.41) is 2.85. The number of anilines is 1. The third-order valence-corrected chi connectivity index (χ3v) is 4.49. The Hall–Kier alpha value is -4.33. The van der Waals surface area contributed by atoms with Gasteiger partial charge in [0, 0.05) is 30.3 Å². The number of rotatable bonds is 7. The summed E-state index contributed by atoms with van der Waals surface area (Å²) in [7, 11) is 3.16. The molecule has 0 saturated carbocycles. The molecule has 0 aliphatic carbocycles. The standard InChI is InChI=1S/C23H20N4O4/c1-29-18-5-7-19(8-6-18)31-21-13-17(4-9-20(21)30-2)26-23(28)16-3-10-22(25-14-16)27-12-11-24-15-27/h3-15H,1-2H3,(H,26,28). The number of hydrogen-bond donors (Lipinski definition) is 1. The van der Waals surface area contributed by atoms with E-state index in [2.05, 4.69) is 15.3 Å². The van der Waals surface area contributed by atoms with Crippen LogP contribution in [0.15, 0.2) is 79.5 Å². The van der Waals surface area contributed by atoms with Crippen LogP contribution in [0.25, 0.3) is 5.82 Å². The molecule has 2 heterocycles. The average molecular weight is 416 g/mol. The number of ether oxygens (including phenoxy) is 3. The Labute approximate surface area is 179 Å². The van der Waals surface area contributed by atoms with E-state index in [1.807, 2.05) is 0 Å². The van der Waals surface area contributed by atoms with E-state index < -0.39 is 0 Å². The Morgan fingerprint density at radius 1 is 0.935 bits per heavy atom. The number of aromatic nitrogens is 3. The van der Waals surface area contributed by atoms with Crippen molar-refractivity contribution in [2.45, 2.75) is 0 Å². The molecule has 0 spiro atoms. The largest absolute Gasteiger partial charge is 0.497 e. The molecule has 8 heteroatoms. The van der Waals surface area contributed by atoms with Gasteiger partial charge in [-0.1, -0.05) is 0 Å². The summed E-state index contributed by atoms with van der Waals surface area (Å²) in [5.74, 6) is 2.74. The first-order valence-electron chi connectivity index (χ1n) is 9.42. The van der Waals surface area contributed by atoms with Crippen LogP contribution in [0.5, 0.6) is 23.0 Å². The third-order valence-electron chi connectivity index (χ3n) is 4.49. The van der Waals surface area contributed by atoms with E-state index in [1.54, 1.807) is 92.1 Å². The molecule has 0 atom stereocenters. The summed E-state index contributed by atoms with van der Waals surface area (Å²) >= 11 is 0. The lowest BCUT2D eigenvalue weighted by Gasteiger charge is -2.13. The van der Waals surface area contributed by atoms with Crippen LogP contribution in [-0.2, 0) is 0 Å². The van der Waals surface area contributed by atoms with Gasteiger partial charge in [0.25, 0.3) is 5.91 Å². The van der Waals surface area contributed by atoms with Crippen molar-refractivity contribution in [1.29, 1.82) is 0 Å². The number of amides is 1. The van der Waals surface area contributed by atoms with Gasteiger partial charge in [-0.25, -0.2) is 9.97 Å². The molecule has 0 fully saturated rings. The number of hydrogen-bond acceptors (Lipinski definition) is 6. The molecule has 0 bridgehead atoms. The molecule has 0 radical (unpaired) electrons. The van der Waals surface area contributed by atoms with Crippen molar-refractivity contribution in [2.75, 3.05) is 19.5 Å². The van der Waals surface area contributed by atoms with E-state index in [1.165, 1.54) is 6.20 Å². The fourth-order valence-electron chi connectivity index (χ4n) is 2.88. The van der Waals surface area contributed by atoms with Gasteiger partial charge in [-0.2, -0.15) is 0 Å². The topological polar surface area (TPSA) is 87.5 Å². The number of pyridine rings is 1. The van der Waals surface area contributed by atoms with Crippen molar-refractivity contribution < 1.29 is 19.0 Å². The van der Waals surface area contributed by atoms with Crippen LogP contribution in [0.3, 0.4) is 0 Å². The molecule has 4 rings (SSSR count). The van der Waals surface area contributed by atoms with Crippen LogP contribution in [0, 0.1) is 0 Å². The van der Waals surface area contributed by atoms with Gasteiger partial charge in [-0.15, -0.1) is 0 Å². The monoisotopic (exact) mass is 416 g/mol. The highest BCUT2D eigenvalue weighted by molar-refractivity contribution is 6.04. The zero-order valence-electron chi connectivity index (χ0n) is 17.0. The smallest absolute Gasteiger partial charge is 0.257 e. The first-order chi connectivity index (χ1) is 15.2. The minimum absolute atomic E-state index is 0.287. The summed E-state index contributed by atoms with van der Waals surface area (Å²) in [4.78, 5) is 20.9. The molecule has 31 heavy (non-hydrogen) atoms. The molecule has 0 unspecified atom stereocenters. The number of nitrogens with zero attached hydrogens (tertiary/aromatic N) is 3. The van der Waals surface area contributed by atoms with Crippen LogP contribution in [0.2, 0.25) is 0 Å². The fraction of sp³-hybridized carbons (Fsp3) is 0.0870. The molecule has 0 aliphatic rings. The van der Waals surface area contributed by atoms with E-state index in [0.29, 0.717) is 34.3 Å². The average Bonchev–Trinajstić information content (AvgIpc) is 3.35. The van der Waals surface area contributed by atoms with Crippen LogP contribution in [0.1, 0.15) is 10.4 Å². The lowest BCUT2D eigenvalue weighted by atomic mass is 10.2. The SMILES string of the molecule is COc1ccc(Oc2cc(NC(=O)c3ccc(-n4ccnc4)nc3)ccc2OC)cc1. The summed E-state index contributed by atoms with van der Waals surface area (Å²) in [5.41, 5.74) is 0.991. The molecule has 0 saturated heterocycles. The molecule has 2 aromatic heterocycles. The lowest BCUT2D eigenvalue weighted by Crippen LogP contribution is -2.12. The molecule has 1 N–H and O–H groups in total. The Balaban J connectivity index is 1.50. The number of nitrogens with one attached hydrogen (secondary N) is 1. The Kier molecular flexibility index (Phi) is 5.79. The third kappa shape index (κ3) is 4.64. The second kappa shape index (κ2) is 9.00. The number of carbonyl (C=O) groups excluding carboxylic acids is 1. The van der Waals surface area contributed by atoms with Gasteiger partial charge in [-0.3, -0.25) is 9.36 Å². The van der Waals surface area contributed by atoms with E-state index >= 15 is 0 Å². The Morgan fingerprint density at radius 3 is 2.39 bits per heavy atom. The number of carbonyl (C=O) groups is 1. The minimum Gasteiger partial charge on any atom is -0.497 e. The van der Waals surface area contributed by atoms with Crippen molar-refractivity contribution in [3.8, 4) is 28.8 Å². The number of benzene rings is 2. The summed E-state index contributed by atoms with van der Waals surface area (Å²) in [6.07, 6.45) is 6.61. The van der Waals surface area contributed by atoms with E-state index in [-0.39, 0.29) is 5.91 Å². The number of methoxy groups -OCH3 is 2. The molecule has 4 aromatic rings. The zero-order chi connectivity index (χ0) is 21.6. The molecule has 156 valence electrons. The normalized spacial score (nSPS) is 10.4. The predicted molar refractivity (Wildman–Crippen MR) is 115 cm³/mol. The predicted octanol–water partition coefficient (Wildman–Crippen LogP) is 4.33. The van der Waals surface area contributed by atoms with Gasteiger partial charge in [0.2, 0.25) is 0 Å². The van der Waals surface area contributed by atoms with Crippen LogP contribution >= 0.6 is 0 Å². The van der Waals surface area contributed by atoms with Crippen molar-refractivity contribution in [3.63, 3.8) is 0 Å². The summed E-state index contributed by atoms with van der Waals surface area (Å²) in [6, 6.07) is 15.8.